The predicted molar refractivity (Wildman–Crippen MR) is 71.8 cm³/mol. The fourth-order valence-corrected chi connectivity index (χ4v) is 2.86. The van der Waals surface area contributed by atoms with Crippen molar-refractivity contribution in [3.63, 3.8) is 0 Å². The Hall–Kier alpha value is -1.02. The van der Waals surface area contributed by atoms with Crippen molar-refractivity contribution in [2.75, 3.05) is 0 Å². The summed E-state index contributed by atoms with van der Waals surface area (Å²) < 4.78 is 6.01. The Morgan fingerprint density at radius 1 is 1.39 bits per heavy atom. The van der Waals surface area contributed by atoms with E-state index in [0.29, 0.717) is 0 Å². The molecule has 1 aromatic rings. The summed E-state index contributed by atoms with van der Waals surface area (Å²) in [5, 5.41) is 10.4. The predicted octanol–water partition coefficient (Wildman–Crippen LogP) is 3.62. The molecule has 0 amide bonds. The smallest absolute Gasteiger partial charge is 0.129 e. The molecule has 2 nitrogen and oxygen atoms in total. The van der Waals surface area contributed by atoms with Gasteiger partial charge in [-0.15, -0.1) is 0 Å². The molecule has 0 spiro atoms. The van der Waals surface area contributed by atoms with Crippen molar-refractivity contribution in [3.8, 4) is 5.75 Å². The average Bonchev–Trinajstić information content (AvgIpc) is 3.06. The largest absolute Gasteiger partial charge is 0.487 e. The second-order valence-electron chi connectivity index (χ2n) is 6.41. The number of para-hydroxylation sites is 1. The molecular weight excluding hydrogens is 224 g/mol. The van der Waals surface area contributed by atoms with Gasteiger partial charge in [-0.05, 0) is 38.2 Å². The van der Waals surface area contributed by atoms with Gasteiger partial charge >= 0.3 is 0 Å². The van der Waals surface area contributed by atoms with Crippen LogP contribution in [0.25, 0.3) is 0 Å². The monoisotopic (exact) mass is 246 g/mol. The van der Waals surface area contributed by atoms with Crippen LogP contribution in [0, 0.1) is 5.92 Å². The molecular formula is C16H22O2. The lowest BCUT2D eigenvalue weighted by atomic mass is 9.97. The minimum absolute atomic E-state index is 0.130. The van der Waals surface area contributed by atoms with Crippen LogP contribution < -0.4 is 4.74 Å². The number of rotatable bonds is 4. The summed E-state index contributed by atoms with van der Waals surface area (Å²) in [7, 11) is 0. The van der Waals surface area contributed by atoms with Crippen LogP contribution in [-0.2, 0) is 6.42 Å². The molecule has 1 aromatic carbocycles. The highest BCUT2D eigenvalue weighted by molar-refractivity contribution is 5.46. The highest BCUT2D eigenvalue weighted by atomic mass is 16.5. The third-order valence-corrected chi connectivity index (χ3v) is 4.03. The van der Waals surface area contributed by atoms with Crippen LogP contribution in [0.2, 0.25) is 0 Å². The standard InChI is InChI=1S/C16H22O2/c1-16(2)10-12-4-3-5-13(15(12)18-16)14(17)9-8-11-6-7-11/h3-5,11,14,17H,6-10H2,1-2H3. The van der Waals surface area contributed by atoms with Gasteiger partial charge in [0.2, 0.25) is 0 Å². The van der Waals surface area contributed by atoms with Crippen molar-refractivity contribution < 1.29 is 9.84 Å². The van der Waals surface area contributed by atoms with E-state index in [-0.39, 0.29) is 11.7 Å². The number of aliphatic hydroxyl groups is 1. The van der Waals surface area contributed by atoms with E-state index in [1.165, 1.54) is 18.4 Å². The molecule has 0 aromatic heterocycles. The van der Waals surface area contributed by atoms with Crippen molar-refractivity contribution in [3.05, 3.63) is 29.3 Å². The summed E-state index contributed by atoms with van der Waals surface area (Å²) >= 11 is 0. The SMILES string of the molecule is CC1(C)Cc2cccc(C(O)CCC3CC3)c2O1. The van der Waals surface area contributed by atoms with E-state index < -0.39 is 0 Å². The summed E-state index contributed by atoms with van der Waals surface area (Å²) in [5.74, 6) is 1.81. The van der Waals surface area contributed by atoms with Crippen LogP contribution >= 0.6 is 0 Å². The molecule has 0 saturated heterocycles. The van der Waals surface area contributed by atoms with E-state index in [1.807, 2.05) is 12.1 Å². The lowest BCUT2D eigenvalue weighted by Crippen LogP contribution is -2.25. The van der Waals surface area contributed by atoms with E-state index in [0.717, 1.165) is 36.5 Å². The minimum atomic E-state index is -0.366. The van der Waals surface area contributed by atoms with E-state index in [2.05, 4.69) is 19.9 Å². The first-order chi connectivity index (χ1) is 8.55. The molecule has 98 valence electrons. The van der Waals surface area contributed by atoms with Crippen molar-refractivity contribution in [2.24, 2.45) is 5.92 Å². The van der Waals surface area contributed by atoms with Gasteiger partial charge in [-0.25, -0.2) is 0 Å². The molecule has 1 heterocycles. The van der Waals surface area contributed by atoms with E-state index in [1.54, 1.807) is 0 Å². The van der Waals surface area contributed by atoms with Crippen LogP contribution in [-0.4, -0.2) is 10.7 Å². The maximum atomic E-state index is 10.4. The van der Waals surface area contributed by atoms with Crippen LogP contribution in [0.15, 0.2) is 18.2 Å². The van der Waals surface area contributed by atoms with Crippen LogP contribution in [0.1, 0.15) is 56.8 Å². The number of aliphatic hydroxyl groups excluding tert-OH is 1. The van der Waals surface area contributed by atoms with Gasteiger partial charge < -0.3 is 9.84 Å². The Balaban J connectivity index is 1.78. The maximum Gasteiger partial charge on any atom is 0.129 e. The van der Waals surface area contributed by atoms with Gasteiger partial charge in [0.05, 0.1) is 6.10 Å². The first kappa shape index (κ1) is 12.0. The summed E-state index contributed by atoms with van der Waals surface area (Å²) in [6.07, 6.45) is 5.28. The molecule has 1 fully saturated rings. The Kier molecular flexibility index (Phi) is 2.86. The molecule has 18 heavy (non-hydrogen) atoms. The maximum absolute atomic E-state index is 10.4. The van der Waals surface area contributed by atoms with Crippen molar-refractivity contribution in [1.82, 2.24) is 0 Å². The summed E-state index contributed by atoms with van der Waals surface area (Å²) in [4.78, 5) is 0. The molecule has 0 bridgehead atoms. The third kappa shape index (κ3) is 2.39. The van der Waals surface area contributed by atoms with E-state index >= 15 is 0 Å². The Labute approximate surface area is 109 Å². The quantitative estimate of drug-likeness (QED) is 0.879. The Bertz CT molecular complexity index is 446. The Morgan fingerprint density at radius 2 is 2.17 bits per heavy atom. The second-order valence-corrected chi connectivity index (χ2v) is 6.41. The molecule has 0 radical (unpaired) electrons. The molecule has 2 heteroatoms. The number of ether oxygens (including phenoxy) is 1. The molecule has 1 saturated carbocycles. The number of hydrogen-bond acceptors (Lipinski definition) is 2. The zero-order valence-corrected chi connectivity index (χ0v) is 11.3. The topological polar surface area (TPSA) is 29.5 Å². The number of benzene rings is 1. The van der Waals surface area contributed by atoms with Gasteiger partial charge in [-0.3, -0.25) is 0 Å². The summed E-state index contributed by atoms with van der Waals surface area (Å²) in [6, 6.07) is 6.16. The lowest BCUT2D eigenvalue weighted by molar-refractivity contribution is 0.122. The average molecular weight is 246 g/mol. The second kappa shape index (κ2) is 4.27. The van der Waals surface area contributed by atoms with E-state index in [9.17, 15) is 5.11 Å². The van der Waals surface area contributed by atoms with Gasteiger partial charge in [0.25, 0.3) is 0 Å². The van der Waals surface area contributed by atoms with Crippen molar-refractivity contribution in [2.45, 2.75) is 57.7 Å². The van der Waals surface area contributed by atoms with Gasteiger partial charge in [0, 0.05) is 12.0 Å². The number of hydrogen-bond donors (Lipinski definition) is 1. The summed E-state index contributed by atoms with van der Waals surface area (Å²) in [5.41, 5.74) is 2.09. The van der Waals surface area contributed by atoms with Crippen LogP contribution in [0.4, 0.5) is 0 Å². The first-order valence-electron chi connectivity index (χ1n) is 7.04. The fraction of sp³-hybridized carbons (Fsp3) is 0.625. The van der Waals surface area contributed by atoms with Gasteiger partial charge in [0.15, 0.2) is 0 Å². The minimum Gasteiger partial charge on any atom is -0.487 e. The zero-order valence-electron chi connectivity index (χ0n) is 11.3. The molecule has 1 aliphatic heterocycles. The molecule has 1 aliphatic carbocycles. The van der Waals surface area contributed by atoms with Gasteiger partial charge in [-0.2, -0.15) is 0 Å². The normalized spacial score (nSPS) is 22.4. The molecule has 1 unspecified atom stereocenters. The molecule has 2 aliphatic rings. The van der Waals surface area contributed by atoms with Gasteiger partial charge in [-0.1, -0.05) is 31.0 Å². The first-order valence-corrected chi connectivity index (χ1v) is 7.04. The highest BCUT2D eigenvalue weighted by Crippen LogP contribution is 2.42. The van der Waals surface area contributed by atoms with E-state index in [4.69, 9.17) is 4.74 Å². The fourth-order valence-electron chi connectivity index (χ4n) is 2.86. The summed E-state index contributed by atoms with van der Waals surface area (Å²) in [6.45, 7) is 4.21. The molecule has 3 rings (SSSR count). The van der Waals surface area contributed by atoms with Crippen molar-refractivity contribution in [1.29, 1.82) is 0 Å². The van der Waals surface area contributed by atoms with Crippen LogP contribution in [0.5, 0.6) is 5.75 Å². The Morgan fingerprint density at radius 3 is 2.89 bits per heavy atom. The van der Waals surface area contributed by atoms with Crippen molar-refractivity contribution >= 4 is 0 Å². The zero-order chi connectivity index (χ0) is 12.8. The third-order valence-electron chi connectivity index (χ3n) is 4.03. The van der Waals surface area contributed by atoms with Crippen LogP contribution in [0.3, 0.4) is 0 Å². The molecule has 1 atom stereocenters. The lowest BCUT2D eigenvalue weighted by Gasteiger charge is -2.20. The molecule has 1 N–H and O–H groups in total. The highest BCUT2D eigenvalue weighted by Gasteiger charge is 2.33. The number of fused-ring (bicyclic) bond motifs is 1. The van der Waals surface area contributed by atoms with Gasteiger partial charge in [0.1, 0.15) is 11.4 Å².